The summed E-state index contributed by atoms with van der Waals surface area (Å²) in [4.78, 5) is 20.8. The predicted molar refractivity (Wildman–Crippen MR) is 99.3 cm³/mol. The number of pyridine rings is 1. The van der Waals surface area contributed by atoms with Gasteiger partial charge in [-0.25, -0.2) is 4.98 Å². The van der Waals surface area contributed by atoms with E-state index in [1.54, 1.807) is 54.4 Å². The molecule has 134 valence electrons. The summed E-state index contributed by atoms with van der Waals surface area (Å²) in [6.07, 6.45) is 1.08. The number of carbonyl (C=O) groups excluding carboxylic acids is 1. The Morgan fingerprint density at radius 2 is 2.04 bits per heavy atom. The van der Waals surface area contributed by atoms with Gasteiger partial charge in [0.05, 0.1) is 5.56 Å². The van der Waals surface area contributed by atoms with Gasteiger partial charge in [-0.1, -0.05) is 17.7 Å². The molecule has 2 aromatic rings. The second-order valence-electron chi connectivity index (χ2n) is 6.02. The molecule has 1 aliphatic heterocycles. The normalized spacial score (nSPS) is 15.3. The third-order valence-electron chi connectivity index (χ3n) is 4.25. The van der Waals surface area contributed by atoms with Crippen molar-refractivity contribution >= 4 is 23.3 Å². The van der Waals surface area contributed by atoms with Crippen molar-refractivity contribution in [3.05, 3.63) is 53.2 Å². The van der Waals surface area contributed by atoms with Gasteiger partial charge < -0.3 is 14.5 Å². The van der Waals surface area contributed by atoms with E-state index < -0.39 is 6.10 Å². The van der Waals surface area contributed by atoms with Crippen LogP contribution in [0.25, 0.3) is 0 Å². The zero-order chi connectivity index (χ0) is 18.5. The number of nitrogens with zero attached hydrogens (tertiary/aromatic N) is 4. The predicted octanol–water partition coefficient (Wildman–Crippen LogP) is 2.72. The molecule has 1 fully saturated rings. The average molecular weight is 371 g/mol. The van der Waals surface area contributed by atoms with Gasteiger partial charge in [0.1, 0.15) is 17.6 Å². The Morgan fingerprint density at radius 3 is 2.73 bits per heavy atom. The fourth-order valence-electron chi connectivity index (χ4n) is 2.93. The van der Waals surface area contributed by atoms with Crippen molar-refractivity contribution in [1.82, 2.24) is 9.88 Å². The lowest BCUT2D eigenvalue weighted by Crippen LogP contribution is -2.52. The van der Waals surface area contributed by atoms with Crippen molar-refractivity contribution in [2.45, 2.75) is 13.0 Å². The van der Waals surface area contributed by atoms with Crippen molar-refractivity contribution in [3.8, 4) is 11.8 Å². The lowest BCUT2D eigenvalue weighted by atomic mass is 10.2. The summed E-state index contributed by atoms with van der Waals surface area (Å²) >= 11 is 5.95. The number of hydrogen-bond acceptors (Lipinski definition) is 5. The Bertz CT molecular complexity index is 828. The summed E-state index contributed by atoms with van der Waals surface area (Å²) in [5.74, 6) is 1.18. The van der Waals surface area contributed by atoms with Crippen LogP contribution in [0.4, 0.5) is 5.82 Å². The maximum Gasteiger partial charge on any atom is 0.263 e. The molecule has 6 nitrogen and oxygen atoms in total. The summed E-state index contributed by atoms with van der Waals surface area (Å²) in [6, 6.07) is 12.7. The van der Waals surface area contributed by atoms with Gasteiger partial charge in [0.25, 0.3) is 5.91 Å². The van der Waals surface area contributed by atoms with Gasteiger partial charge >= 0.3 is 0 Å². The lowest BCUT2D eigenvalue weighted by Gasteiger charge is -2.36. The first-order valence-electron chi connectivity index (χ1n) is 8.39. The first-order valence-corrected chi connectivity index (χ1v) is 8.77. The lowest BCUT2D eigenvalue weighted by molar-refractivity contribution is -0.138. The van der Waals surface area contributed by atoms with Crippen molar-refractivity contribution in [2.75, 3.05) is 31.1 Å². The number of amides is 1. The molecule has 1 aliphatic rings. The van der Waals surface area contributed by atoms with Gasteiger partial charge in [-0.2, -0.15) is 5.26 Å². The summed E-state index contributed by atoms with van der Waals surface area (Å²) in [5.41, 5.74) is 0.546. The molecule has 26 heavy (non-hydrogen) atoms. The quantitative estimate of drug-likeness (QED) is 0.827. The molecule has 0 aliphatic carbocycles. The fourth-order valence-corrected chi connectivity index (χ4v) is 3.11. The van der Waals surface area contributed by atoms with E-state index in [-0.39, 0.29) is 5.91 Å². The number of rotatable bonds is 4. The van der Waals surface area contributed by atoms with E-state index in [1.165, 1.54) is 0 Å². The van der Waals surface area contributed by atoms with Gasteiger partial charge in [-0.05, 0) is 37.3 Å². The van der Waals surface area contributed by atoms with Crippen LogP contribution < -0.4 is 9.64 Å². The monoisotopic (exact) mass is 370 g/mol. The van der Waals surface area contributed by atoms with E-state index in [0.29, 0.717) is 48.3 Å². The number of hydrogen-bond donors (Lipinski definition) is 0. The molecule has 7 heteroatoms. The largest absolute Gasteiger partial charge is 0.481 e. The van der Waals surface area contributed by atoms with Crippen LogP contribution in [-0.4, -0.2) is 48.1 Å². The van der Waals surface area contributed by atoms with E-state index in [9.17, 15) is 10.1 Å². The minimum atomic E-state index is -0.593. The smallest absolute Gasteiger partial charge is 0.263 e. The first kappa shape index (κ1) is 18.0. The number of nitriles is 1. The number of benzene rings is 1. The zero-order valence-electron chi connectivity index (χ0n) is 14.4. The maximum absolute atomic E-state index is 12.6. The molecule has 0 saturated carbocycles. The number of halogens is 1. The average Bonchev–Trinajstić information content (AvgIpc) is 2.67. The molecule has 1 aromatic heterocycles. The maximum atomic E-state index is 12.6. The van der Waals surface area contributed by atoms with Crippen LogP contribution in [0.15, 0.2) is 42.6 Å². The molecule has 1 amide bonds. The Hall–Kier alpha value is -2.78. The summed E-state index contributed by atoms with van der Waals surface area (Å²) in [5, 5.41) is 9.78. The highest BCUT2D eigenvalue weighted by Gasteiger charge is 2.27. The number of ether oxygens (including phenoxy) is 1. The van der Waals surface area contributed by atoms with Crippen LogP contribution in [0.5, 0.6) is 5.75 Å². The highest BCUT2D eigenvalue weighted by Crippen LogP contribution is 2.20. The Labute approximate surface area is 157 Å². The third kappa shape index (κ3) is 4.06. The van der Waals surface area contributed by atoms with Gasteiger partial charge in [-0.15, -0.1) is 0 Å². The second kappa shape index (κ2) is 8.07. The van der Waals surface area contributed by atoms with Gasteiger partial charge in [0.15, 0.2) is 6.10 Å². The number of aromatic nitrogens is 1. The van der Waals surface area contributed by atoms with Crippen LogP contribution in [-0.2, 0) is 4.79 Å². The van der Waals surface area contributed by atoms with E-state index in [2.05, 4.69) is 11.1 Å². The van der Waals surface area contributed by atoms with Gasteiger partial charge in [-0.3, -0.25) is 4.79 Å². The number of carbonyl (C=O) groups is 1. The van der Waals surface area contributed by atoms with Crippen molar-refractivity contribution in [1.29, 1.82) is 5.26 Å². The fraction of sp³-hybridized carbons (Fsp3) is 0.316. The molecule has 0 spiro atoms. The molecule has 2 heterocycles. The summed E-state index contributed by atoms with van der Waals surface area (Å²) in [7, 11) is 0. The molecule has 0 radical (unpaired) electrons. The standard InChI is InChI=1S/C19H19ClN4O2/c1-14(26-17-6-2-5-16(20)12-17)19(25)24-10-8-23(9-11-24)18-15(13-21)4-3-7-22-18/h2-7,12,14H,8-11H2,1H3. The molecule has 1 aromatic carbocycles. The van der Waals surface area contributed by atoms with Gasteiger partial charge in [0, 0.05) is 37.4 Å². The molecule has 1 atom stereocenters. The molecule has 1 unspecified atom stereocenters. The second-order valence-corrected chi connectivity index (χ2v) is 6.45. The molecular weight excluding hydrogens is 352 g/mol. The van der Waals surface area contributed by atoms with Crippen molar-refractivity contribution < 1.29 is 9.53 Å². The molecule has 0 N–H and O–H groups in total. The van der Waals surface area contributed by atoms with E-state index in [4.69, 9.17) is 16.3 Å². The highest BCUT2D eigenvalue weighted by molar-refractivity contribution is 6.30. The number of piperazine rings is 1. The topological polar surface area (TPSA) is 69.5 Å². The van der Waals surface area contributed by atoms with E-state index >= 15 is 0 Å². The SMILES string of the molecule is CC(Oc1cccc(Cl)c1)C(=O)N1CCN(c2ncccc2C#N)CC1. The van der Waals surface area contributed by atoms with Crippen LogP contribution >= 0.6 is 11.6 Å². The van der Waals surface area contributed by atoms with Crippen LogP contribution in [0.2, 0.25) is 5.02 Å². The molecule has 3 rings (SSSR count). The van der Waals surface area contributed by atoms with E-state index in [0.717, 1.165) is 0 Å². The Morgan fingerprint density at radius 1 is 1.27 bits per heavy atom. The zero-order valence-corrected chi connectivity index (χ0v) is 15.2. The van der Waals surface area contributed by atoms with Gasteiger partial charge in [0.2, 0.25) is 0 Å². The number of anilines is 1. The van der Waals surface area contributed by atoms with Crippen molar-refractivity contribution in [2.24, 2.45) is 0 Å². The molecule has 0 bridgehead atoms. The molecule has 1 saturated heterocycles. The van der Waals surface area contributed by atoms with Crippen LogP contribution in [0, 0.1) is 11.3 Å². The van der Waals surface area contributed by atoms with E-state index in [1.807, 2.05) is 4.90 Å². The summed E-state index contributed by atoms with van der Waals surface area (Å²) < 4.78 is 5.71. The first-order chi connectivity index (χ1) is 12.6. The van der Waals surface area contributed by atoms with Crippen LogP contribution in [0.3, 0.4) is 0 Å². The minimum Gasteiger partial charge on any atom is -0.481 e. The molecular formula is C19H19ClN4O2. The third-order valence-corrected chi connectivity index (χ3v) is 4.49. The van der Waals surface area contributed by atoms with Crippen molar-refractivity contribution in [3.63, 3.8) is 0 Å². The Kier molecular flexibility index (Phi) is 5.59. The van der Waals surface area contributed by atoms with Crippen LogP contribution in [0.1, 0.15) is 12.5 Å². The highest BCUT2D eigenvalue weighted by atomic mass is 35.5. The Balaban J connectivity index is 1.59. The summed E-state index contributed by atoms with van der Waals surface area (Å²) in [6.45, 7) is 4.11. The minimum absolute atomic E-state index is 0.0637.